The van der Waals surface area contributed by atoms with Gasteiger partial charge in [0.25, 0.3) is 5.91 Å². The van der Waals surface area contributed by atoms with Crippen molar-refractivity contribution >= 4 is 12.0 Å². The van der Waals surface area contributed by atoms with Gasteiger partial charge in [0, 0.05) is 31.7 Å². The van der Waals surface area contributed by atoms with E-state index in [2.05, 4.69) is 5.32 Å². The Balaban J connectivity index is 1.50. The molecule has 6 heteroatoms. The normalized spacial score (nSPS) is 16.7. The summed E-state index contributed by atoms with van der Waals surface area (Å²) in [5.41, 5.74) is 3.49. The number of carbonyl (C=O) groups excluding carboxylic acids is 2. The lowest BCUT2D eigenvalue weighted by atomic mass is 10.0. The van der Waals surface area contributed by atoms with E-state index in [9.17, 15) is 9.59 Å². The van der Waals surface area contributed by atoms with E-state index in [0.717, 1.165) is 34.8 Å². The first-order chi connectivity index (χ1) is 12.2. The van der Waals surface area contributed by atoms with Crippen molar-refractivity contribution in [1.82, 2.24) is 15.3 Å². The van der Waals surface area contributed by atoms with Crippen LogP contribution in [0.5, 0.6) is 0 Å². The highest BCUT2D eigenvalue weighted by molar-refractivity contribution is 5.99. The zero-order valence-corrected chi connectivity index (χ0v) is 13.8. The number of rotatable bonds is 2. The van der Waals surface area contributed by atoms with Crippen LogP contribution in [0.4, 0.5) is 4.79 Å². The van der Waals surface area contributed by atoms with Crippen LogP contribution in [0, 0.1) is 0 Å². The van der Waals surface area contributed by atoms with E-state index in [4.69, 9.17) is 4.84 Å². The molecule has 1 fully saturated rings. The maximum absolute atomic E-state index is 12.6. The van der Waals surface area contributed by atoms with Gasteiger partial charge < -0.3 is 15.1 Å². The summed E-state index contributed by atoms with van der Waals surface area (Å²) in [6.07, 6.45) is -0.467. The quantitative estimate of drug-likeness (QED) is 0.913. The third kappa shape index (κ3) is 3.08. The number of amides is 2. The van der Waals surface area contributed by atoms with Crippen molar-refractivity contribution in [2.24, 2.45) is 0 Å². The number of carbonyl (C=O) groups is 2. The summed E-state index contributed by atoms with van der Waals surface area (Å²) in [5, 5.41) is 4.33. The molecular formula is C19H19N3O3. The standard InChI is InChI=1S/C19H19N3O3/c23-18-17-12-15(14-4-2-1-3-5-14)6-7-16(17)13-22(18)25-19(24)21-10-8-20-9-11-21/h1-7,12,20H,8-11,13H2. The lowest BCUT2D eigenvalue weighted by Crippen LogP contribution is -2.48. The maximum atomic E-state index is 12.6. The van der Waals surface area contributed by atoms with Crippen molar-refractivity contribution in [3.05, 3.63) is 59.7 Å². The molecule has 0 bridgehead atoms. The minimum Gasteiger partial charge on any atom is -0.318 e. The first-order valence-corrected chi connectivity index (χ1v) is 8.40. The number of benzene rings is 2. The van der Waals surface area contributed by atoms with Crippen LogP contribution in [0.25, 0.3) is 11.1 Å². The predicted molar refractivity (Wildman–Crippen MR) is 92.7 cm³/mol. The molecule has 0 saturated carbocycles. The molecule has 6 nitrogen and oxygen atoms in total. The molecule has 0 spiro atoms. The fourth-order valence-corrected chi connectivity index (χ4v) is 3.16. The Kier molecular flexibility index (Phi) is 4.11. The molecule has 1 saturated heterocycles. The van der Waals surface area contributed by atoms with Crippen molar-refractivity contribution in [3.8, 4) is 11.1 Å². The van der Waals surface area contributed by atoms with Crippen LogP contribution in [0.3, 0.4) is 0 Å². The molecule has 2 aliphatic heterocycles. The van der Waals surface area contributed by atoms with E-state index >= 15 is 0 Å². The van der Waals surface area contributed by atoms with Crippen molar-refractivity contribution in [2.45, 2.75) is 6.54 Å². The Morgan fingerprint density at radius 2 is 1.76 bits per heavy atom. The molecule has 1 N–H and O–H groups in total. The molecule has 0 atom stereocenters. The van der Waals surface area contributed by atoms with Crippen LogP contribution in [0.15, 0.2) is 48.5 Å². The zero-order valence-electron chi connectivity index (χ0n) is 13.8. The molecule has 2 heterocycles. The summed E-state index contributed by atoms with van der Waals surface area (Å²) in [4.78, 5) is 31.8. The van der Waals surface area contributed by atoms with Crippen LogP contribution in [0.2, 0.25) is 0 Å². The topological polar surface area (TPSA) is 61.9 Å². The second-order valence-corrected chi connectivity index (χ2v) is 6.17. The Hall–Kier alpha value is -2.86. The average molecular weight is 337 g/mol. The van der Waals surface area contributed by atoms with E-state index in [1.54, 1.807) is 4.90 Å². The Morgan fingerprint density at radius 3 is 2.52 bits per heavy atom. The number of hydrogen-bond acceptors (Lipinski definition) is 4. The van der Waals surface area contributed by atoms with E-state index in [1.165, 1.54) is 0 Å². The van der Waals surface area contributed by atoms with Gasteiger partial charge in [0.2, 0.25) is 0 Å². The summed E-state index contributed by atoms with van der Waals surface area (Å²) < 4.78 is 0. The second-order valence-electron chi connectivity index (χ2n) is 6.17. The third-order valence-corrected chi connectivity index (χ3v) is 4.55. The van der Waals surface area contributed by atoms with E-state index in [1.807, 2.05) is 48.5 Å². The molecule has 2 aliphatic rings. The largest absolute Gasteiger partial charge is 0.434 e. The molecule has 4 rings (SSSR count). The van der Waals surface area contributed by atoms with Crippen LogP contribution in [0.1, 0.15) is 15.9 Å². The van der Waals surface area contributed by atoms with E-state index in [0.29, 0.717) is 25.2 Å². The van der Waals surface area contributed by atoms with Crippen molar-refractivity contribution in [2.75, 3.05) is 26.2 Å². The number of piperazine rings is 1. The van der Waals surface area contributed by atoms with Crippen LogP contribution >= 0.6 is 0 Å². The molecule has 0 aromatic heterocycles. The fraction of sp³-hybridized carbons (Fsp3) is 0.263. The van der Waals surface area contributed by atoms with Crippen molar-refractivity contribution < 1.29 is 14.4 Å². The van der Waals surface area contributed by atoms with Gasteiger partial charge in [-0.25, -0.2) is 4.79 Å². The van der Waals surface area contributed by atoms with Gasteiger partial charge in [-0.05, 0) is 22.8 Å². The van der Waals surface area contributed by atoms with E-state index in [-0.39, 0.29) is 5.91 Å². The SMILES string of the molecule is O=C(ON1Cc2ccc(-c3ccccc3)cc2C1=O)N1CCNCC1. The maximum Gasteiger partial charge on any atom is 0.434 e. The fourth-order valence-electron chi connectivity index (χ4n) is 3.16. The number of hydroxylamine groups is 2. The minimum atomic E-state index is -0.467. The summed E-state index contributed by atoms with van der Waals surface area (Å²) >= 11 is 0. The molecule has 2 aromatic carbocycles. The summed E-state index contributed by atoms with van der Waals surface area (Å²) in [7, 11) is 0. The Bertz CT molecular complexity index is 801. The smallest absolute Gasteiger partial charge is 0.318 e. The summed E-state index contributed by atoms with van der Waals surface area (Å²) in [6, 6.07) is 15.7. The predicted octanol–water partition coefficient (Wildman–Crippen LogP) is 2.27. The second kappa shape index (κ2) is 6.57. The van der Waals surface area contributed by atoms with Gasteiger partial charge in [-0.2, -0.15) is 5.06 Å². The van der Waals surface area contributed by atoms with Gasteiger partial charge in [0.05, 0.1) is 6.54 Å². The van der Waals surface area contributed by atoms with Gasteiger partial charge in [-0.15, -0.1) is 0 Å². The number of fused-ring (bicyclic) bond motifs is 1. The first kappa shape index (κ1) is 15.7. The lowest BCUT2D eigenvalue weighted by Gasteiger charge is -2.27. The number of hydrogen-bond donors (Lipinski definition) is 1. The van der Waals surface area contributed by atoms with Gasteiger partial charge in [0.15, 0.2) is 0 Å². The number of nitrogens with one attached hydrogen (secondary N) is 1. The first-order valence-electron chi connectivity index (χ1n) is 8.40. The van der Waals surface area contributed by atoms with E-state index < -0.39 is 6.09 Å². The van der Waals surface area contributed by atoms with Crippen LogP contribution < -0.4 is 5.32 Å². The molecule has 2 amide bonds. The molecule has 0 aliphatic carbocycles. The molecule has 0 unspecified atom stereocenters. The zero-order chi connectivity index (χ0) is 17.2. The molecular weight excluding hydrogens is 318 g/mol. The third-order valence-electron chi connectivity index (χ3n) is 4.55. The molecule has 25 heavy (non-hydrogen) atoms. The minimum absolute atomic E-state index is 0.267. The Labute approximate surface area is 145 Å². The summed E-state index contributed by atoms with van der Waals surface area (Å²) in [6.45, 7) is 2.95. The lowest BCUT2D eigenvalue weighted by molar-refractivity contribution is -0.0833. The molecule has 128 valence electrons. The highest BCUT2D eigenvalue weighted by atomic mass is 16.7. The van der Waals surface area contributed by atoms with Gasteiger partial charge in [-0.1, -0.05) is 42.5 Å². The van der Waals surface area contributed by atoms with Gasteiger partial charge in [-0.3, -0.25) is 4.79 Å². The van der Waals surface area contributed by atoms with Crippen molar-refractivity contribution in [3.63, 3.8) is 0 Å². The Morgan fingerprint density at radius 1 is 1.00 bits per heavy atom. The van der Waals surface area contributed by atoms with Crippen LogP contribution in [-0.2, 0) is 11.4 Å². The van der Waals surface area contributed by atoms with Gasteiger partial charge in [0.1, 0.15) is 0 Å². The molecule has 0 radical (unpaired) electrons. The van der Waals surface area contributed by atoms with Crippen LogP contribution in [-0.4, -0.2) is 48.1 Å². The average Bonchev–Trinajstić information content (AvgIpc) is 2.98. The molecule has 2 aromatic rings. The highest BCUT2D eigenvalue weighted by Crippen LogP contribution is 2.28. The summed E-state index contributed by atoms with van der Waals surface area (Å²) in [5.74, 6) is -0.267. The van der Waals surface area contributed by atoms with Crippen molar-refractivity contribution in [1.29, 1.82) is 0 Å². The monoisotopic (exact) mass is 337 g/mol. The number of nitrogens with zero attached hydrogens (tertiary/aromatic N) is 2. The van der Waals surface area contributed by atoms with Gasteiger partial charge >= 0.3 is 6.09 Å². The highest BCUT2D eigenvalue weighted by Gasteiger charge is 2.32.